The topological polar surface area (TPSA) is 78.8 Å². The van der Waals surface area contributed by atoms with Gasteiger partial charge in [-0.2, -0.15) is 18.3 Å². The molecule has 3 rings (SSSR count). The predicted molar refractivity (Wildman–Crippen MR) is 130 cm³/mol. The van der Waals surface area contributed by atoms with Gasteiger partial charge in [0.05, 0.1) is 32.4 Å². The summed E-state index contributed by atoms with van der Waals surface area (Å²) in [6, 6.07) is 13.6. The Morgan fingerprint density at radius 1 is 0.971 bits per heavy atom. The highest BCUT2D eigenvalue weighted by atomic mass is 35.5. The molecule has 0 saturated heterocycles. The van der Waals surface area contributed by atoms with Gasteiger partial charge in [-0.15, -0.1) is 0 Å². The van der Waals surface area contributed by atoms with Crippen molar-refractivity contribution in [3.05, 3.63) is 92.9 Å². The lowest BCUT2D eigenvalue weighted by Gasteiger charge is -2.25. The maximum Gasteiger partial charge on any atom is 0.416 e. The number of alkyl halides is 3. The molecule has 6 nitrogen and oxygen atoms in total. The second-order valence-corrected chi connectivity index (χ2v) is 10.1. The lowest BCUT2D eigenvalue weighted by atomic mass is 10.2. The quantitative estimate of drug-likeness (QED) is 0.282. The van der Waals surface area contributed by atoms with E-state index < -0.39 is 39.9 Å². The Bertz CT molecular complexity index is 1370. The van der Waals surface area contributed by atoms with Gasteiger partial charge >= 0.3 is 6.18 Å². The van der Waals surface area contributed by atoms with Crippen LogP contribution in [0.25, 0.3) is 0 Å². The Kier molecular flexibility index (Phi) is 8.32. The van der Waals surface area contributed by atoms with Crippen molar-refractivity contribution in [3.63, 3.8) is 0 Å². The number of sulfonamides is 1. The zero-order valence-corrected chi connectivity index (χ0v) is 20.5. The third kappa shape index (κ3) is 6.66. The summed E-state index contributed by atoms with van der Waals surface area (Å²) in [5.41, 5.74) is 0.876. The molecule has 0 unspecified atom stereocenters. The third-order valence-electron chi connectivity index (χ3n) is 4.52. The van der Waals surface area contributed by atoms with Gasteiger partial charge in [-0.3, -0.25) is 9.10 Å². The predicted octanol–water partition coefficient (Wildman–Crippen LogP) is 6.01. The summed E-state index contributed by atoms with van der Waals surface area (Å²) in [6.45, 7) is -0.913. The van der Waals surface area contributed by atoms with E-state index >= 15 is 0 Å². The van der Waals surface area contributed by atoms with Crippen LogP contribution in [-0.2, 0) is 21.0 Å². The van der Waals surface area contributed by atoms with Crippen LogP contribution in [-0.4, -0.2) is 27.1 Å². The molecule has 0 aromatic heterocycles. The van der Waals surface area contributed by atoms with Gasteiger partial charge < -0.3 is 0 Å². The minimum atomic E-state index is -4.77. The van der Waals surface area contributed by atoms with E-state index in [0.29, 0.717) is 27.0 Å². The molecule has 35 heavy (non-hydrogen) atoms. The highest BCUT2D eigenvalue weighted by molar-refractivity contribution is 7.92. The van der Waals surface area contributed by atoms with E-state index in [1.54, 1.807) is 12.1 Å². The van der Waals surface area contributed by atoms with Gasteiger partial charge in [0.2, 0.25) is 0 Å². The maximum absolute atomic E-state index is 13.3. The summed E-state index contributed by atoms with van der Waals surface area (Å²) >= 11 is 17.9. The van der Waals surface area contributed by atoms with Crippen molar-refractivity contribution in [1.29, 1.82) is 0 Å². The maximum atomic E-state index is 13.3. The third-order valence-corrected chi connectivity index (χ3v) is 7.17. The summed E-state index contributed by atoms with van der Waals surface area (Å²) < 4.78 is 67.0. The van der Waals surface area contributed by atoms with Gasteiger partial charge in [-0.1, -0.05) is 59.1 Å². The molecule has 3 aromatic rings. The molecule has 0 fully saturated rings. The summed E-state index contributed by atoms with van der Waals surface area (Å²) in [5.74, 6) is -0.945. The zero-order chi connectivity index (χ0) is 25.8. The largest absolute Gasteiger partial charge is 0.416 e. The van der Waals surface area contributed by atoms with Crippen LogP contribution in [0, 0.1) is 0 Å². The fraction of sp³-hybridized carbons (Fsp3) is 0.0909. The van der Waals surface area contributed by atoms with Crippen LogP contribution in [0.1, 0.15) is 11.1 Å². The number of anilines is 1. The number of hydrogen-bond donors (Lipinski definition) is 1. The van der Waals surface area contributed by atoms with Crippen molar-refractivity contribution in [2.45, 2.75) is 11.1 Å². The Balaban J connectivity index is 1.95. The summed E-state index contributed by atoms with van der Waals surface area (Å²) in [5, 5.41) is 4.06. The van der Waals surface area contributed by atoms with Gasteiger partial charge in [0.1, 0.15) is 6.54 Å². The summed E-state index contributed by atoms with van der Waals surface area (Å²) in [6.07, 6.45) is -3.57. The lowest BCUT2D eigenvalue weighted by Crippen LogP contribution is -2.40. The van der Waals surface area contributed by atoms with Crippen molar-refractivity contribution in [1.82, 2.24) is 5.43 Å². The standard InChI is InChI=1S/C22H15Cl3F3N3O3S/c23-16-8-6-14(19(25)11-16)12-29-30-21(32)13-31(35(33,34)17-4-2-1-3-5-17)20-10-15(22(26,27)28)7-9-18(20)24/h1-12H,13H2,(H,30,32)/b29-12+. The number of rotatable bonds is 7. The Morgan fingerprint density at radius 3 is 2.29 bits per heavy atom. The minimum absolute atomic E-state index is 0.250. The molecule has 0 heterocycles. The van der Waals surface area contributed by atoms with E-state index in [0.717, 1.165) is 6.07 Å². The molecule has 0 saturated carbocycles. The smallest absolute Gasteiger partial charge is 0.271 e. The Labute approximate surface area is 214 Å². The molecule has 0 spiro atoms. The van der Waals surface area contributed by atoms with Crippen molar-refractivity contribution < 1.29 is 26.4 Å². The average Bonchev–Trinajstić information content (AvgIpc) is 2.79. The van der Waals surface area contributed by atoms with Crippen LogP contribution in [0.3, 0.4) is 0 Å². The minimum Gasteiger partial charge on any atom is -0.271 e. The summed E-state index contributed by atoms with van der Waals surface area (Å²) in [4.78, 5) is 12.3. The number of amides is 1. The van der Waals surface area contributed by atoms with Crippen LogP contribution in [0.5, 0.6) is 0 Å². The van der Waals surface area contributed by atoms with E-state index in [4.69, 9.17) is 34.8 Å². The Morgan fingerprint density at radius 2 is 1.66 bits per heavy atom. The molecule has 1 N–H and O–H groups in total. The number of hydrogen-bond acceptors (Lipinski definition) is 4. The van der Waals surface area contributed by atoms with Crippen LogP contribution in [0.4, 0.5) is 18.9 Å². The molecule has 0 atom stereocenters. The van der Waals surface area contributed by atoms with Gasteiger partial charge in [-0.05, 0) is 42.5 Å². The SMILES string of the molecule is O=C(CN(c1cc(C(F)(F)F)ccc1Cl)S(=O)(=O)c1ccccc1)N/N=C/c1ccc(Cl)cc1Cl. The molecular formula is C22H15Cl3F3N3O3S. The monoisotopic (exact) mass is 563 g/mol. The van der Waals surface area contributed by atoms with Gasteiger partial charge in [0, 0.05) is 10.6 Å². The van der Waals surface area contributed by atoms with E-state index in [9.17, 15) is 26.4 Å². The molecule has 1 amide bonds. The average molecular weight is 565 g/mol. The number of nitrogens with one attached hydrogen (secondary N) is 1. The molecule has 0 radical (unpaired) electrons. The van der Waals surface area contributed by atoms with Crippen molar-refractivity contribution in [3.8, 4) is 0 Å². The van der Waals surface area contributed by atoms with Crippen molar-refractivity contribution in [2.24, 2.45) is 5.10 Å². The lowest BCUT2D eigenvalue weighted by molar-refractivity contribution is -0.137. The highest BCUT2D eigenvalue weighted by Crippen LogP contribution is 2.37. The number of carbonyl (C=O) groups is 1. The first kappa shape index (κ1) is 26.8. The normalized spacial score (nSPS) is 12.1. The van der Waals surface area contributed by atoms with E-state index in [-0.39, 0.29) is 14.9 Å². The molecule has 0 aliphatic carbocycles. The molecule has 13 heteroatoms. The zero-order valence-electron chi connectivity index (χ0n) is 17.4. The Hall–Kier alpha value is -2.79. The van der Waals surface area contributed by atoms with Crippen LogP contribution < -0.4 is 9.73 Å². The molecular weight excluding hydrogens is 550 g/mol. The fourth-order valence-corrected chi connectivity index (χ4v) is 5.02. The number of halogens is 6. The number of hydrazone groups is 1. The second kappa shape index (κ2) is 10.9. The molecule has 0 aliphatic rings. The van der Waals surface area contributed by atoms with E-state index in [2.05, 4.69) is 10.5 Å². The van der Waals surface area contributed by atoms with Crippen molar-refractivity contribution >= 4 is 62.6 Å². The number of benzene rings is 3. The first-order chi connectivity index (χ1) is 16.4. The van der Waals surface area contributed by atoms with Crippen LogP contribution in [0.2, 0.25) is 15.1 Å². The summed E-state index contributed by atoms with van der Waals surface area (Å²) in [7, 11) is -4.49. The first-order valence-corrected chi connectivity index (χ1v) is 12.2. The molecule has 0 aliphatic heterocycles. The van der Waals surface area contributed by atoms with E-state index in [1.807, 2.05) is 0 Å². The van der Waals surface area contributed by atoms with Gasteiger partial charge in [-0.25, -0.2) is 13.8 Å². The number of nitrogens with zero attached hydrogens (tertiary/aromatic N) is 2. The molecule has 3 aromatic carbocycles. The van der Waals surface area contributed by atoms with Gasteiger partial charge in [0.25, 0.3) is 15.9 Å². The highest BCUT2D eigenvalue weighted by Gasteiger charge is 2.34. The van der Waals surface area contributed by atoms with Crippen LogP contribution >= 0.6 is 34.8 Å². The molecule has 184 valence electrons. The van der Waals surface area contributed by atoms with E-state index in [1.165, 1.54) is 42.6 Å². The van der Waals surface area contributed by atoms with Crippen LogP contribution in [0.15, 0.2) is 76.7 Å². The second-order valence-electron chi connectivity index (χ2n) is 6.95. The van der Waals surface area contributed by atoms with Crippen molar-refractivity contribution in [2.75, 3.05) is 10.8 Å². The first-order valence-electron chi connectivity index (χ1n) is 9.61. The fourth-order valence-electron chi connectivity index (χ4n) is 2.85. The molecule has 0 bridgehead atoms. The number of carbonyl (C=O) groups excluding carboxylic acids is 1. The van der Waals surface area contributed by atoms with Gasteiger partial charge in [0.15, 0.2) is 0 Å².